The van der Waals surface area contributed by atoms with Crippen molar-refractivity contribution >= 4 is 21.6 Å². The minimum Gasteiger partial charge on any atom is -0.496 e. The van der Waals surface area contributed by atoms with E-state index >= 15 is 0 Å². The number of para-hydroxylation sites is 1. The van der Waals surface area contributed by atoms with Crippen LogP contribution in [0.5, 0.6) is 5.75 Å². The van der Waals surface area contributed by atoms with Gasteiger partial charge in [0.25, 0.3) is 0 Å². The average Bonchev–Trinajstić information content (AvgIpc) is 3.02. The number of rotatable bonds is 6. The molecule has 0 spiro atoms. The van der Waals surface area contributed by atoms with Crippen LogP contribution in [0.2, 0.25) is 0 Å². The standard InChI is InChI=1S/C17H15F2N3O3S2/c1-22-15(13-5-3-4-6-14(13)25-2)20-21-17(22)26-11-7-9-12(10-8-11)27(23,24)16(18)19/h3-10,16H,1-2H3. The van der Waals surface area contributed by atoms with Gasteiger partial charge in [-0.2, -0.15) is 8.78 Å². The first-order valence-electron chi connectivity index (χ1n) is 7.67. The third-order valence-electron chi connectivity index (χ3n) is 3.78. The summed E-state index contributed by atoms with van der Waals surface area (Å²) in [6.07, 6.45) is 0. The quantitative estimate of drug-likeness (QED) is 0.617. The van der Waals surface area contributed by atoms with Crippen LogP contribution in [0.25, 0.3) is 11.4 Å². The van der Waals surface area contributed by atoms with Gasteiger partial charge in [0.2, 0.25) is 9.84 Å². The summed E-state index contributed by atoms with van der Waals surface area (Å²) < 4.78 is 55.3. The molecule has 10 heteroatoms. The summed E-state index contributed by atoms with van der Waals surface area (Å²) >= 11 is 1.24. The number of hydrogen-bond acceptors (Lipinski definition) is 6. The van der Waals surface area contributed by atoms with Gasteiger partial charge in [-0.25, -0.2) is 8.42 Å². The predicted octanol–water partition coefficient (Wildman–Crippen LogP) is 3.64. The van der Waals surface area contributed by atoms with E-state index in [0.29, 0.717) is 21.6 Å². The second kappa shape index (κ2) is 7.65. The normalized spacial score (nSPS) is 11.7. The molecule has 0 amide bonds. The van der Waals surface area contributed by atoms with Gasteiger partial charge in [-0.3, -0.25) is 0 Å². The van der Waals surface area contributed by atoms with Crippen molar-refractivity contribution in [1.82, 2.24) is 14.8 Å². The fraction of sp³-hybridized carbons (Fsp3) is 0.176. The van der Waals surface area contributed by atoms with E-state index in [1.165, 1.54) is 23.9 Å². The molecule has 3 rings (SSSR count). The van der Waals surface area contributed by atoms with Gasteiger partial charge in [0.15, 0.2) is 11.0 Å². The smallest absolute Gasteiger partial charge is 0.341 e. The topological polar surface area (TPSA) is 74.1 Å². The molecule has 0 fully saturated rings. The highest BCUT2D eigenvalue weighted by Crippen LogP contribution is 2.33. The minimum absolute atomic E-state index is 0.422. The van der Waals surface area contributed by atoms with Crippen LogP contribution in [-0.2, 0) is 16.9 Å². The summed E-state index contributed by atoms with van der Waals surface area (Å²) in [5.74, 6) is -2.18. The first kappa shape index (κ1) is 19.3. The van der Waals surface area contributed by atoms with E-state index < -0.39 is 20.5 Å². The lowest BCUT2D eigenvalue weighted by atomic mass is 10.2. The highest BCUT2D eigenvalue weighted by molar-refractivity contribution is 7.99. The molecule has 0 unspecified atom stereocenters. The van der Waals surface area contributed by atoms with E-state index in [1.54, 1.807) is 18.7 Å². The number of alkyl halides is 2. The Labute approximate surface area is 159 Å². The van der Waals surface area contributed by atoms with Crippen LogP contribution in [0.4, 0.5) is 8.78 Å². The summed E-state index contributed by atoms with van der Waals surface area (Å²) in [6, 6.07) is 12.6. The molecule has 27 heavy (non-hydrogen) atoms. The monoisotopic (exact) mass is 411 g/mol. The van der Waals surface area contributed by atoms with Crippen LogP contribution in [-0.4, -0.2) is 36.0 Å². The van der Waals surface area contributed by atoms with Gasteiger partial charge in [0, 0.05) is 11.9 Å². The Morgan fingerprint density at radius 2 is 1.74 bits per heavy atom. The average molecular weight is 411 g/mol. The molecule has 0 aliphatic carbocycles. The van der Waals surface area contributed by atoms with Crippen molar-refractivity contribution in [3.8, 4) is 17.1 Å². The molecule has 3 aromatic rings. The maximum absolute atomic E-state index is 12.6. The fourth-order valence-corrected chi connectivity index (χ4v) is 3.88. The molecule has 1 heterocycles. The zero-order chi connectivity index (χ0) is 19.6. The molecule has 0 atom stereocenters. The van der Waals surface area contributed by atoms with Crippen molar-refractivity contribution in [3.05, 3.63) is 48.5 Å². The van der Waals surface area contributed by atoms with Gasteiger partial charge in [-0.05, 0) is 48.2 Å². The summed E-state index contributed by atoms with van der Waals surface area (Å²) in [5, 5.41) is 8.89. The number of halogens is 2. The molecule has 2 aromatic carbocycles. The lowest BCUT2D eigenvalue weighted by Gasteiger charge is -2.08. The highest BCUT2D eigenvalue weighted by atomic mass is 32.2. The molecule has 6 nitrogen and oxygen atoms in total. The first-order chi connectivity index (χ1) is 12.8. The molecule has 0 N–H and O–H groups in total. The molecule has 0 aliphatic heterocycles. The first-order valence-corrected chi connectivity index (χ1v) is 10.0. The third-order valence-corrected chi connectivity index (χ3v) is 6.22. The summed E-state index contributed by atoms with van der Waals surface area (Å²) in [7, 11) is -1.24. The van der Waals surface area contributed by atoms with Crippen molar-refractivity contribution in [1.29, 1.82) is 0 Å². The molecular weight excluding hydrogens is 396 g/mol. The maximum atomic E-state index is 12.6. The number of methoxy groups -OCH3 is 1. The molecular formula is C17H15F2N3O3S2. The van der Waals surface area contributed by atoms with Gasteiger partial charge >= 0.3 is 5.76 Å². The van der Waals surface area contributed by atoms with E-state index in [4.69, 9.17) is 4.74 Å². The lowest BCUT2D eigenvalue weighted by molar-refractivity contribution is 0.234. The molecule has 142 valence electrons. The SMILES string of the molecule is COc1ccccc1-c1nnc(Sc2ccc(S(=O)(=O)C(F)F)cc2)n1C. The van der Waals surface area contributed by atoms with Crippen LogP contribution < -0.4 is 4.74 Å². The number of hydrogen-bond donors (Lipinski definition) is 0. The van der Waals surface area contributed by atoms with Crippen molar-refractivity contribution in [3.63, 3.8) is 0 Å². The van der Waals surface area contributed by atoms with Crippen molar-refractivity contribution in [2.24, 2.45) is 7.05 Å². The van der Waals surface area contributed by atoms with Crippen LogP contribution in [0.1, 0.15) is 0 Å². The maximum Gasteiger partial charge on any atom is 0.341 e. The summed E-state index contributed by atoms with van der Waals surface area (Å²) in [5.41, 5.74) is 0.778. The van der Waals surface area contributed by atoms with E-state index in [1.807, 2.05) is 24.3 Å². The Morgan fingerprint density at radius 3 is 2.37 bits per heavy atom. The molecule has 0 saturated carbocycles. The van der Waals surface area contributed by atoms with E-state index in [-0.39, 0.29) is 0 Å². The fourth-order valence-electron chi connectivity index (χ4n) is 2.37. The van der Waals surface area contributed by atoms with E-state index in [0.717, 1.165) is 17.7 Å². The van der Waals surface area contributed by atoms with Crippen LogP contribution in [0.15, 0.2) is 63.5 Å². The minimum atomic E-state index is -4.60. The van der Waals surface area contributed by atoms with E-state index in [9.17, 15) is 17.2 Å². The highest BCUT2D eigenvalue weighted by Gasteiger charge is 2.26. The second-order valence-corrected chi connectivity index (χ2v) is 8.40. The number of benzene rings is 2. The Balaban J connectivity index is 1.87. The van der Waals surface area contributed by atoms with Crippen molar-refractivity contribution in [2.45, 2.75) is 20.7 Å². The zero-order valence-electron chi connectivity index (χ0n) is 14.3. The van der Waals surface area contributed by atoms with Gasteiger partial charge in [0.1, 0.15) is 5.75 Å². The van der Waals surface area contributed by atoms with Gasteiger partial charge in [-0.1, -0.05) is 12.1 Å². The second-order valence-electron chi connectivity index (χ2n) is 5.44. The predicted molar refractivity (Wildman–Crippen MR) is 96.7 cm³/mol. The lowest BCUT2D eigenvalue weighted by Crippen LogP contribution is -2.11. The third kappa shape index (κ3) is 3.81. The Kier molecular flexibility index (Phi) is 5.47. The molecule has 1 aromatic heterocycles. The van der Waals surface area contributed by atoms with Crippen LogP contribution in [0, 0.1) is 0 Å². The number of nitrogens with zero attached hydrogens (tertiary/aromatic N) is 3. The van der Waals surface area contributed by atoms with Crippen molar-refractivity contribution in [2.75, 3.05) is 7.11 Å². The zero-order valence-corrected chi connectivity index (χ0v) is 16.0. The Hall–Kier alpha value is -2.46. The largest absolute Gasteiger partial charge is 0.496 e. The number of sulfone groups is 1. The van der Waals surface area contributed by atoms with Crippen LogP contribution >= 0.6 is 11.8 Å². The van der Waals surface area contributed by atoms with Crippen LogP contribution in [0.3, 0.4) is 0 Å². The Bertz CT molecular complexity index is 1050. The number of ether oxygens (including phenoxy) is 1. The summed E-state index contributed by atoms with van der Waals surface area (Å²) in [6.45, 7) is 0. The number of aromatic nitrogens is 3. The molecule has 0 radical (unpaired) electrons. The van der Waals surface area contributed by atoms with Crippen molar-refractivity contribution < 1.29 is 21.9 Å². The van der Waals surface area contributed by atoms with Gasteiger partial charge < -0.3 is 9.30 Å². The van der Waals surface area contributed by atoms with Gasteiger partial charge in [-0.15, -0.1) is 10.2 Å². The molecule has 0 bridgehead atoms. The Morgan fingerprint density at radius 1 is 1.07 bits per heavy atom. The molecule has 0 saturated heterocycles. The summed E-state index contributed by atoms with van der Waals surface area (Å²) in [4.78, 5) is 0.222. The molecule has 0 aliphatic rings. The van der Waals surface area contributed by atoms with E-state index in [2.05, 4.69) is 10.2 Å². The van der Waals surface area contributed by atoms with Gasteiger partial charge in [0.05, 0.1) is 17.6 Å².